The summed E-state index contributed by atoms with van der Waals surface area (Å²) in [5, 5.41) is 2.92. The van der Waals surface area contributed by atoms with Crippen LogP contribution in [0.3, 0.4) is 0 Å². The lowest BCUT2D eigenvalue weighted by atomic mass is 10.1. The second-order valence-corrected chi connectivity index (χ2v) is 4.82. The number of hydrogen-bond acceptors (Lipinski definition) is 2. The van der Waals surface area contributed by atoms with Gasteiger partial charge in [0.05, 0.1) is 11.0 Å². The molecule has 20 heavy (non-hydrogen) atoms. The maximum atomic E-state index is 12.3. The number of anilines is 1. The Morgan fingerprint density at radius 1 is 1.15 bits per heavy atom. The van der Waals surface area contributed by atoms with Crippen molar-refractivity contribution in [3.05, 3.63) is 59.4 Å². The molecule has 1 aromatic heterocycles. The monoisotopic (exact) mass is 265 g/mol. The highest BCUT2D eigenvalue weighted by atomic mass is 16.1. The zero-order valence-electron chi connectivity index (χ0n) is 11.4. The second-order valence-electron chi connectivity index (χ2n) is 4.82. The van der Waals surface area contributed by atoms with Crippen LogP contribution in [0.5, 0.6) is 0 Å². The number of hydrogen-bond donors (Lipinski definition) is 2. The predicted molar refractivity (Wildman–Crippen MR) is 80.0 cm³/mol. The van der Waals surface area contributed by atoms with Crippen LogP contribution in [0.25, 0.3) is 11.0 Å². The number of aryl methyl sites for hydroxylation is 2. The molecule has 0 aliphatic rings. The van der Waals surface area contributed by atoms with Crippen LogP contribution in [0.1, 0.15) is 21.7 Å². The maximum absolute atomic E-state index is 12.3. The Hall–Kier alpha value is -2.62. The molecular formula is C16H15N3O. The van der Waals surface area contributed by atoms with Crippen LogP contribution in [0.15, 0.2) is 42.5 Å². The molecule has 1 amide bonds. The van der Waals surface area contributed by atoms with Crippen LogP contribution in [-0.2, 0) is 0 Å². The zero-order chi connectivity index (χ0) is 14.1. The average molecular weight is 265 g/mol. The molecule has 0 aliphatic carbocycles. The third kappa shape index (κ3) is 2.28. The Balaban J connectivity index is 1.90. The van der Waals surface area contributed by atoms with Crippen molar-refractivity contribution in [2.24, 2.45) is 0 Å². The summed E-state index contributed by atoms with van der Waals surface area (Å²) >= 11 is 0. The number of nitrogens with zero attached hydrogens (tertiary/aromatic N) is 1. The zero-order valence-corrected chi connectivity index (χ0v) is 11.4. The molecule has 0 fully saturated rings. The van der Waals surface area contributed by atoms with E-state index in [0.29, 0.717) is 5.56 Å². The number of fused-ring (bicyclic) bond motifs is 1. The highest BCUT2D eigenvalue weighted by Crippen LogP contribution is 2.17. The molecule has 0 saturated carbocycles. The molecule has 4 nitrogen and oxygen atoms in total. The molecule has 3 rings (SSSR count). The number of amides is 1. The summed E-state index contributed by atoms with van der Waals surface area (Å²) < 4.78 is 0. The molecule has 2 N–H and O–H groups in total. The van der Waals surface area contributed by atoms with Crippen molar-refractivity contribution in [1.82, 2.24) is 9.97 Å². The number of aromatic amines is 1. The fraction of sp³-hybridized carbons (Fsp3) is 0.125. The third-order valence-corrected chi connectivity index (χ3v) is 3.26. The Morgan fingerprint density at radius 2 is 1.95 bits per heavy atom. The highest BCUT2D eigenvalue weighted by Gasteiger charge is 2.09. The largest absolute Gasteiger partial charge is 0.342 e. The Morgan fingerprint density at radius 3 is 2.75 bits per heavy atom. The number of nitrogens with one attached hydrogen (secondary N) is 2. The van der Waals surface area contributed by atoms with E-state index in [-0.39, 0.29) is 5.91 Å². The average Bonchev–Trinajstić information content (AvgIpc) is 2.80. The van der Waals surface area contributed by atoms with Gasteiger partial charge in [0.1, 0.15) is 5.82 Å². The van der Waals surface area contributed by atoms with E-state index in [4.69, 9.17) is 0 Å². The Bertz CT molecular complexity index is 789. The van der Waals surface area contributed by atoms with Gasteiger partial charge in [-0.15, -0.1) is 0 Å². The van der Waals surface area contributed by atoms with E-state index in [1.54, 1.807) is 6.07 Å². The first-order valence-electron chi connectivity index (χ1n) is 6.47. The van der Waals surface area contributed by atoms with E-state index < -0.39 is 0 Å². The summed E-state index contributed by atoms with van der Waals surface area (Å²) in [6, 6.07) is 13.2. The molecule has 0 atom stereocenters. The molecule has 0 unspecified atom stereocenters. The normalized spacial score (nSPS) is 10.7. The molecular weight excluding hydrogens is 250 g/mol. The molecule has 4 heteroatoms. The van der Waals surface area contributed by atoms with E-state index in [2.05, 4.69) is 15.3 Å². The Kier molecular flexibility index (Phi) is 2.99. The van der Waals surface area contributed by atoms with Crippen molar-refractivity contribution in [2.45, 2.75) is 13.8 Å². The van der Waals surface area contributed by atoms with Crippen LogP contribution in [0, 0.1) is 13.8 Å². The molecule has 2 aromatic carbocycles. The maximum Gasteiger partial charge on any atom is 0.255 e. The lowest BCUT2D eigenvalue weighted by molar-refractivity contribution is 0.102. The van der Waals surface area contributed by atoms with E-state index >= 15 is 0 Å². The van der Waals surface area contributed by atoms with E-state index in [1.807, 2.05) is 50.2 Å². The molecule has 0 aliphatic heterocycles. The highest BCUT2D eigenvalue weighted by molar-refractivity contribution is 6.06. The SMILES string of the molecule is Cc1nc2ccc(C(=O)Nc3ccccc3C)cc2[nH]1. The van der Waals surface area contributed by atoms with E-state index in [9.17, 15) is 4.79 Å². The quantitative estimate of drug-likeness (QED) is 0.745. The van der Waals surface area contributed by atoms with Gasteiger partial charge < -0.3 is 10.3 Å². The first kappa shape index (κ1) is 12.4. The second kappa shape index (κ2) is 4.81. The number of imidazole rings is 1. The van der Waals surface area contributed by atoms with E-state index in [0.717, 1.165) is 28.1 Å². The van der Waals surface area contributed by atoms with Gasteiger partial charge in [0, 0.05) is 11.3 Å². The van der Waals surface area contributed by atoms with Crippen LogP contribution in [0.2, 0.25) is 0 Å². The molecule has 0 radical (unpaired) electrons. The summed E-state index contributed by atoms with van der Waals surface area (Å²) in [4.78, 5) is 19.7. The fourth-order valence-corrected chi connectivity index (χ4v) is 2.19. The first-order chi connectivity index (χ1) is 9.63. The minimum absolute atomic E-state index is 0.117. The molecule has 0 saturated heterocycles. The van der Waals surface area contributed by atoms with Crippen LogP contribution in [0.4, 0.5) is 5.69 Å². The molecule has 100 valence electrons. The smallest absolute Gasteiger partial charge is 0.255 e. The van der Waals surface area contributed by atoms with Crippen LogP contribution < -0.4 is 5.32 Å². The van der Waals surface area contributed by atoms with Gasteiger partial charge in [-0.3, -0.25) is 4.79 Å². The summed E-state index contributed by atoms with van der Waals surface area (Å²) in [6.45, 7) is 3.87. The molecule has 0 bridgehead atoms. The van der Waals surface area contributed by atoms with Gasteiger partial charge in [-0.25, -0.2) is 4.98 Å². The third-order valence-electron chi connectivity index (χ3n) is 3.26. The topological polar surface area (TPSA) is 57.8 Å². The van der Waals surface area contributed by atoms with Gasteiger partial charge in [0.2, 0.25) is 0 Å². The standard InChI is InChI=1S/C16H15N3O/c1-10-5-3-4-6-13(10)19-16(20)12-7-8-14-15(9-12)18-11(2)17-14/h3-9H,1-2H3,(H,17,18)(H,19,20). The molecule has 1 heterocycles. The number of rotatable bonds is 2. The number of carbonyl (C=O) groups excluding carboxylic acids is 1. The summed E-state index contributed by atoms with van der Waals surface area (Å²) in [5.74, 6) is 0.727. The van der Waals surface area contributed by atoms with Crippen molar-refractivity contribution in [2.75, 3.05) is 5.32 Å². The van der Waals surface area contributed by atoms with Gasteiger partial charge in [-0.1, -0.05) is 18.2 Å². The minimum Gasteiger partial charge on any atom is -0.342 e. The van der Waals surface area contributed by atoms with Crippen molar-refractivity contribution in [3.63, 3.8) is 0 Å². The van der Waals surface area contributed by atoms with Crippen molar-refractivity contribution >= 4 is 22.6 Å². The number of carbonyl (C=O) groups is 1. The van der Waals surface area contributed by atoms with Gasteiger partial charge in [-0.2, -0.15) is 0 Å². The van der Waals surface area contributed by atoms with Gasteiger partial charge >= 0.3 is 0 Å². The van der Waals surface area contributed by atoms with E-state index in [1.165, 1.54) is 0 Å². The molecule has 3 aromatic rings. The number of aromatic nitrogens is 2. The van der Waals surface area contributed by atoms with Crippen LogP contribution >= 0.6 is 0 Å². The fourth-order valence-electron chi connectivity index (χ4n) is 2.19. The van der Waals surface area contributed by atoms with Crippen LogP contribution in [-0.4, -0.2) is 15.9 Å². The number of H-pyrrole nitrogens is 1. The van der Waals surface area contributed by atoms with Gasteiger partial charge in [0.25, 0.3) is 5.91 Å². The van der Waals surface area contributed by atoms with Crippen molar-refractivity contribution < 1.29 is 4.79 Å². The van der Waals surface area contributed by atoms with Crippen molar-refractivity contribution in [3.8, 4) is 0 Å². The number of para-hydroxylation sites is 1. The lowest BCUT2D eigenvalue weighted by Gasteiger charge is -2.07. The molecule has 0 spiro atoms. The Labute approximate surface area is 116 Å². The summed E-state index contributed by atoms with van der Waals surface area (Å²) in [5.41, 5.74) is 4.23. The summed E-state index contributed by atoms with van der Waals surface area (Å²) in [7, 11) is 0. The van der Waals surface area contributed by atoms with Gasteiger partial charge in [-0.05, 0) is 43.7 Å². The number of benzene rings is 2. The van der Waals surface area contributed by atoms with Crippen molar-refractivity contribution in [1.29, 1.82) is 0 Å². The van der Waals surface area contributed by atoms with Gasteiger partial charge in [0.15, 0.2) is 0 Å². The summed E-state index contributed by atoms with van der Waals surface area (Å²) in [6.07, 6.45) is 0. The first-order valence-corrected chi connectivity index (χ1v) is 6.47. The predicted octanol–water partition coefficient (Wildman–Crippen LogP) is 3.43. The minimum atomic E-state index is -0.117. The lowest BCUT2D eigenvalue weighted by Crippen LogP contribution is -2.12.